The highest BCUT2D eigenvalue weighted by Gasteiger charge is 2.30. The zero-order valence-electron chi connectivity index (χ0n) is 20.6. The molecule has 1 fully saturated rings. The summed E-state index contributed by atoms with van der Waals surface area (Å²) in [5.74, 6) is 0.313. The van der Waals surface area contributed by atoms with E-state index in [-0.39, 0.29) is 35.8 Å². The average Bonchev–Trinajstić information content (AvgIpc) is 3.46. The highest BCUT2D eigenvalue weighted by molar-refractivity contribution is 7.99. The third-order valence-corrected chi connectivity index (χ3v) is 8.43. The Morgan fingerprint density at radius 1 is 1.00 bits per heavy atom. The molecule has 1 atom stereocenters. The van der Waals surface area contributed by atoms with Gasteiger partial charge >= 0.3 is 0 Å². The van der Waals surface area contributed by atoms with Crippen molar-refractivity contribution in [3.8, 4) is 5.69 Å². The minimum atomic E-state index is -0.336. The number of fused-ring (bicyclic) bond motifs is 2. The molecule has 192 valence electrons. The predicted molar refractivity (Wildman–Crippen MR) is 140 cm³/mol. The Labute approximate surface area is 214 Å². The molecular weight excluding hydrogens is 477 g/mol. The van der Waals surface area contributed by atoms with E-state index in [1.165, 1.54) is 75.0 Å². The number of benzene rings is 1. The van der Waals surface area contributed by atoms with Crippen molar-refractivity contribution in [2.75, 3.05) is 5.75 Å². The maximum absolute atomic E-state index is 13.4. The standard InChI is InChI=1S/C27H34FN5O2S/c28-19-12-14-21(15-13-19)33-25-23(17-29-33)26(35)32-22(18-36-27(32)31-25)16-24(34)30-20-10-8-6-4-2-1-3-5-7-9-11-20/h12-15,17,20,22H,1-11,16,18H2,(H,30,34). The van der Waals surface area contributed by atoms with Gasteiger partial charge in [0.15, 0.2) is 10.8 Å². The molecule has 5 rings (SSSR count). The van der Waals surface area contributed by atoms with E-state index in [2.05, 4.69) is 10.4 Å². The topological polar surface area (TPSA) is 81.8 Å². The predicted octanol–water partition coefficient (Wildman–Crippen LogP) is 5.55. The van der Waals surface area contributed by atoms with E-state index in [0.29, 0.717) is 27.6 Å². The van der Waals surface area contributed by atoms with Crippen LogP contribution in [-0.2, 0) is 4.79 Å². The molecule has 3 heterocycles. The number of hydrogen-bond acceptors (Lipinski definition) is 5. The summed E-state index contributed by atoms with van der Waals surface area (Å²) >= 11 is 1.49. The first-order chi connectivity index (χ1) is 17.6. The number of rotatable bonds is 4. The van der Waals surface area contributed by atoms with Crippen LogP contribution in [0.2, 0.25) is 0 Å². The van der Waals surface area contributed by atoms with Crippen molar-refractivity contribution in [1.29, 1.82) is 0 Å². The normalized spacial score (nSPS) is 20.0. The number of hydrogen-bond donors (Lipinski definition) is 1. The van der Waals surface area contributed by atoms with Gasteiger partial charge in [0.05, 0.1) is 17.9 Å². The molecular formula is C27H34FN5O2S. The Bertz CT molecular complexity index is 1240. The number of nitrogens with one attached hydrogen (secondary N) is 1. The van der Waals surface area contributed by atoms with Gasteiger partial charge in [0.25, 0.3) is 5.56 Å². The molecule has 1 aromatic carbocycles. The molecule has 9 heteroatoms. The molecule has 0 saturated heterocycles. The molecule has 0 bridgehead atoms. The van der Waals surface area contributed by atoms with Crippen molar-refractivity contribution in [3.05, 3.63) is 46.6 Å². The van der Waals surface area contributed by atoms with Crippen LogP contribution < -0.4 is 10.9 Å². The van der Waals surface area contributed by atoms with Crippen LogP contribution in [0.5, 0.6) is 0 Å². The largest absolute Gasteiger partial charge is 0.353 e. The van der Waals surface area contributed by atoms with Crippen LogP contribution in [0.25, 0.3) is 16.7 Å². The fraction of sp³-hybridized carbons (Fsp3) is 0.556. The number of amides is 1. The summed E-state index contributed by atoms with van der Waals surface area (Å²) in [6.07, 6.45) is 15.2. The molecule has 36 heavy (non-hydrogen) atoms. The van der Waals surface area contributed by atoms with E-state index in [4.69, 9.17) is 4.98 Å². The fourth-order valence-electron chi connectivity index (χ4n) is 5.36. The molecule has 1 aliphatic carbocycles. The number of nitrogens with zero attached hydrogens (tertiary/aromatic N) is 4. The van der Waals surface area contributed by atoms with Crippen molar-refractivity contribution in [2.24, 2.45) is 0 Å². The number of carbonyl (C=O) groups is 1. The maximum atomic E-state index is 13.4. The average molecular weight is 512 g/mol. The Balaban J connectivity index is 1.29. The van der Waals surface area contributed by atoms with Gasteiger partial charge in [-0.15, -0.1) is 0 Å². The van der Waals surface area contributed by atoms with Crippen LogP contribution in [-0.4, -0.2) is 37.0 Å². The molecule has 1 unspecified atom stereocenters. The Hall–Kier alpha value is -2.68. The minimum Gasteiger partial charge on any atom is -0.353 e. The molecule has 1 aliphatic heterocycles. The van der Waals surface area contributed by atoms with Gasteiger partial charge < -0.3 is 5.32 Å². The highest BCUT2D eigenvalue weighted by atomic mass is 32.2. The SMILES string of the molecule is O=C(CC1CSc2nc3c(cnn3-c3ccc(F)cc3)c(=O)n21)NC1CCCCCCCCCCC1. The Kier molecular flexibility index (Phi) is 8.04. The molecule has 3 aromatic rings. The second-order valence-corrected chi connectivity index (χ2v) is 11.0. The number of thioether (sulfide) groups is 1. The van der Waals surface area contributed by atoms with E-state index in [9.17, 15) is 14.0 Å². The van der Waals surface area contributed by atoms with Gasteiger partial charge in [-0.3, -0.25) is 14.2 Å². The van der Waals surface area contributed by atoms with Gasteiger partial charge in [0.2, 0.25) is 5.91 Å². The fourth-order valence-corrected chi connectivity index (χ4v) is 6.49. The lowest BCUT2D eigenvalue weighted by Gasteiger charge is -2.21. The molecule has 1 saturated carbocycles. The van der Waals surface area contributed by atoms with Crippen molar-refractivity contribution in [2.45, 2.75) is 94.3 Å². The van der Waals surface area contributed by atoms with Gasteiger partial charge in [-0.05, 0) is 37.1 Å². The van der Waals surface area contributed by atoms with Crippen molar-refractivity contribution in [3.63, 3.8) is 0 Å². The third-order valence-electron chi connectivity index (χ3n) is 7.33. The van der Waals surface area contributed by atoms with Crippen LogP contribution in [0.3, 0.4) is 0 Å². The van der Waals surface area contributed by atoms with Crippen molar-refractivity contribution >= 4 is 28.7 Å². The summed E-state index contributed by atoms with van der Waals surface area (Å²) in [4.78, 5) is 31.1. The van der Waals surface area contributed by atoms with E-state index in [1.54, 1.807) is 21.4 Å². The summed E-state index contributed by atoms with van der Waals surface area (Å²) in [6.45, 7) is 0. The van der Waals surface area contributed by atoms with E-state index in [1.807, 2.05) is 0 Å². The van der Waals surface area contributed by atoms with E-state index < -0.39 is 0 Å². The van der Waals surface area contributed by atoms with Gasteiger partial charge in [-0.25, -0.2) is 14.1 Å². The van der Waals surface area contributed by atoms with Crippen LogP contribution in [0.1, 0.15) is 83.1 Å². The first-order valence-electron chi connectivity index (χ1n) is 13.3. The van der Waals surface area contributed by atoms with Gasteiger partial charge in [-0.2, -0.15) is 5.10 Å². The minimum absolute atomic E-state index is 0.0135. The first kappa shape index (κ1) is 25.0. The molecule has 1 N–H and O–H groups in total. The van der Waals surface area contributed by atoms with Crippen LogP contribution >= 0.6 is 11.8 Å². The summed E-state index contributed by atoms with van der Waals surface area (Å²) < 4.78 is 16.6. The molecule has 2 aliphatic rings. The second-order valence-electron chi connectivity index (χ2n) is 10.0. The van der Waals surface area contributed by atoms with Crippen molar-refractivity contribution in [1.82, 2.24) is 24.6 Å². The number of aromatic nitrogens is 4. The molecule has 2 aromatic heterocycles. The molecule has 1 amide bonds. The maximum Gasteiger partial charge on any atom is 0.265 e. The quantitative estimate of drug-likeness (QED) is 0.465. The number of halogens is 1. The summed E-state index contributed by atoms with van der Waals surface area (Å²) in [6, 6.07) is 5.92. The lowest BCUT2D eigenvalue weighted by molar-refractivity contribution is -0.122. The zero-order valence-corrected chi connectivity index (χ0v) is 21.4. The zero-order chi connectivity index (χ0) is 24.9. The van der Waals surface area contributed by atoms with Crippen LogP contribution in [0.4, 0.5) is 4.39 Å². The molecule has 0 radical (unpaired) electrons. The first-order valence-corrected chi connectivity index (χ1v) is 14.3. The molecule has 7 nitrogen and oxygen atoms in total. The van der Waals surface area contributed by atoms with Gasteiger partial charge in [-0.1, -0.05) is 69.5 Å². The van der Waals surface area contributed by atoms with Gasteiger partial charge in [0.1, 0.15) is 11.2 Å². The third kappa shape index (κ3) is 5.66. The van der Waals surface area contributed by atoms with Crippen molar-refractivity contribution < 1.29 is 9.18 Å². The molecule has 0 spiro atoms. The highest BCUT2D eigenvalue weighted by Crippen LogP contribution is 2.33. The Morgan fingerprint density at radius 3 is 2.31 bits per heavy atom. The van der Waals surface area contributed by atoms with Crippen LogP contribution in [0, 0.1) is 5.82 Å². The lowest BCUT2D eigenvalue weighted by Crippen LogP contribution is -2.37. The van der Waals surface area contributed by atoms with E-state index in [0.717, 1.165) is 25.7 Å². The van der Waals surface area contributed by atoms with Gasteiger partial charge in [0, 0.05) is 18.2 Å². The summed E-state index contributed by atoms with van der Waals surface area (Å²) in [5.41, 5.74) is 0.903. The Morgan fingerprint density at radius 2 is 1.64 bits per heavy atom. The van der Waals surface area contributed by atoms with E-state index >= 15 is 0 Å². The summed E-state index contributed by atoms with van der Waals surface area (Å²) in [5, 5.41) is 8.61. The van der Waals surface area contributed by atoms with Crippen LogP contribution in [0.15, 0.2) is 40.4 Å². The monoisotopic (exact) mass is 511 g/mol. The number of carbonyl (C=O) groups excluding carboxylic acids is 1. The second kappa shape index (κ2) is 11.6. The smallest absolute Gasteiger partial charge is 0.265 e. The lowest BCUT2D eigenvalue weighted by atomic mass is 9.97. The summed E-state index contributed by atoms with van der Waals surface area (Å²) in [7, 11) is 0.